The molecule has 0 spiro atoms. The molecule has 0 radical (unpaired) electrons. The molecule has 0 saturated carbocycles. The number of aryl methyl sites for hydroxylation is 2. The van der Waals surface area contributed by atoms with Crippen molar-refractivity contribution in [2.45, 2.75) is 23.9 Å². The Morgan fingerprint density at radius 1 is 1.27 bits per heavy atom. The van der Waals surface area contributed by atoms with Crippen LogP contribution in [-0.2, 0) is 25.8 Å². The van der Waals surface area contributed by atoms with Gasteiger partial charge in [-0.3, -0.25) is 4.57 Å². The molecule has 0 saturated heterocycles. The third-order valence-electron chi connectivity index (χ3n) is 3.44. The van der Waals surface area contributed by atoms with Crippen LogP contribution in [-0.4, -0.2) is 24.3 Å². The highest BCUT2D eigenvalue weighted by atomic mass is 32.2. The highest BCUT2D eigenvalue weighted by Crippen LogP contribution is 2.18. The third kappa shape index (κ3) is 3.30. The van der Waals surface area contributed by atoms with E-state index in [1.807, 2.05) is 36.0 Å². The lowest BCUT2D eigenvalue weighted by molar-refractivity contribution is 0.615. The maximum Gasteiger partial charge on any atom is 0.343 e. The Morgan fingerprint density at radius 3 is 2.82 bits per heavy atom. The van der Waals surface area contributed by atoms with E-state index in [1.54, 1.807) is 10.8 Å². The first kappa shape index (κ1) is 14.6. The van der Waals surface area contributed by atoms with Crippen molar-refractivity contribution in [1.82, 2.24) is 24.3 Å². The summed E-state index contributed by atoms with van der Waals surface area (Å²) in [7, 11) is 1.95. The molecule has 1 aromatic carbocycles. The minimum absolute atomic E-state index is 0.168. The molecule has 3 rings (SSSR count). The first-order valence-corrected chi connectivity index (χ1v) is 8.01. The Morgan fingerprint density at radius 2 is 2.09 bits per heavy atom. The van der Waals surface area contributed by atoms with Crippen molar-refractivity contribution >= 4 is 11.8 Å². The van der Waals surface area contributed by atoms with E-state index in [2.05, 4.69) is 27.3 Å². The molecule has 0 atom stereocenters. The summed E-state index contributed by atoms with van der Waals surface area (Å²) in [6, 6.07) is 10.1. The number of nitrogens with one attached hydrogen (secondary N) is 1. The number of nitrogens with zero attached hydrogens (tertiary/aromatic N) is 4. The molecule has 2 heterocycles. The summed E-state index contributed by atoms with van der Waals surface area (Å²) in [6.45, 7) is 0.613. The zero-order chi connectivity index (χ0) is 15.4. The van der Waals surface area contributed by atoms with Crippen LogP contribution in [0.25, 0.3) is 0 Å². The van der Waals surface area contributed by atoms with Crippen LogP contribution >= 0.6 is 11.8 Å². The van der Waals surface area contributed by atoms with E-state index in [-0.39, 0.29) is 5.69 Å². The maximum absolute atomic E-state index is 11.9. The van der Waals surface area contributed by atoms with Gasteiger partial charge in [-0.05, 0) is 12.0 Å². The maximum atomic E-state index is 11.9. The molecule has 0 aliphatic heterocycles. The molecule has 0 fully saturated rings. The Balaban J connectivity index is 1.68. The van der Waals surface area contributed by atoms with Gasteiger partial charge in [0.1, 0.15) is 5.82 Å². The minimum Gasteiger partial charge on any atom is -0.337 e. The van der Waals surface area contributed by atoms with Gasteiger partial charge in [0.05, 0.1) is 5.75 Å². The number of H-pyrrole nitrogens is 1. The quantitative estimate of drug-likeness (QED) is 0.705. The number of imidazole rings is 1. The summed E-state index contributed by atoms with van der Waals surface area (Å²) in [4.78, 5) is 16.2. The standard InChI is InChI=1S/C15H17N5OS/c1-19-10-8-16-13(19)11-22-15-18-17-14(21)20(15)9-7-12-5-3-2-4-6-12/h2-6,8,10H,7,9,11H2,1H3,(H,17,21). The molecule has 6 nitrogen and oxygen atoms in total. The largest absolute Gasteiger partial charge is 0.343 e. The third-order valence-corrected chi connectivity index (χ3v) is 4.41. The minimum atomic E-state index is -0.168. The Hall–Kier alpha value is -2.28. The molecular formula is C15H17N5OS. The van der Waals surface area contributed by atoms with Gasteiger partial charge in [-0.25, -0.2) is 14.9 Å². The summed E-state index contributed by atoms with van der Waals surface area (Å²) < 4.78 is 3.65. The van der Waals surface area contributed by atoms with Crippen LogP contribution in [0.15, 0.2) is 52.7 Å². The Kier molecular flexibility index (Phi) is 4.43. The molecule has 0 aliphatic carbocycles. The first-order chi connectivity index (χ1) is 10.7. The van der Waals surface area contributed by atoms with Gasteiger partial charge in [0.25, 0.3) is 0 Å². The van der Waals surface area contributed by atoms with Gasteiger partial charge in [-0.15, -0.1) is 5.10 Å². The average Bonchev–Trinajstić information content (AvgIpc) is 3.10. The number of benzene rings is 1. The van der Waals surface area contributed by atoms with Crippen molar-refractivity contribution in [1.29, 1.82) is 0 Å². The normalized spacial score (nSPS) is 11.0. The number of aromatic nitrogens is 5. The molecule has 0 bridgehead atoms. The predicted molar refractivity (Wildman–Crippen MR) is 85.8 cm³/mol. The summed E-state index contributed by atoms with van der Waals surface area (Å²) in [5.41, 5.74) is 1.04. The summed E-state index contributed by atoms with van der Waals surface area (Å²) in [6.07, 6.45) is 4.47. The second-order valence-corrected chi connectivity index (χ2v) is 5.88. The number of hydrogen-bond donors (Lipinski definition) is 1. The van der Waals surface area contributed by atoms with Crippen molar-refractivity contribution < 1.29 is 0 Å². The molecule has 114 valence electrons. The van der Waals surface area contributed by atoms with E-state index in [1.165, 1.54) is 17.3 Å². The average molecular weight is 315 g/mol. The molecule has 0 amide bonds. The Bertz CT molecular complexity index is 790. The van der Waals surface area contributed by atoms with Crippen LogP contribution in [0.4, 0.5) is 0 Å². The van der Waals surface area contributed by atoms with Crippen LogP contribution in [0.2, 0.25) is 0 Å². The fourth-order valence-corrected chi connectivity index (χ4v) is 3.14. The molecule has 0 aliphatic rings. The van der Waals surface area contributed by atoms with E-state index in [0.717, 1.165) is 12.2 Å². The van der Waals surface area contributed by atoms with Crippen molar-refractivity contribution in [3.8, 4) is 0 Å². The van der Waals surface area contributed by atoms with E-state index < -0.39 is 0 Å². The molecule has 7 heteroatoms. The lowest BCUT2D eigenvalue weighted by atomic mass is 10.1. The van der Waals surface area contributed by atoms with Gasteiger partial charge in [-0.2, -0.15) is 0 Å². The fourth-order valence-electron chi connectivity index (χ4n) is 2.16. The van der Waals surface area contributed by atoms with Crippen molar-refractivity contribution in [3.63, 3.8) is 0 Å². The SMILES string of the molecule is Cn1ccnc1CSc1n[nH]c(=O)n1CCc1ccccc1. The van der Waals surface area contributed by atoms with Crippen molar-refractivity contribution in [3.05, 3.63) is 64.6 Å². The van der Waals surface area contributed by atoms with Crippen LogP contribution in [0.3, 0.4) is 0 Å². The summed E-state index contributed by atoms with van der Waals surface area (Å²) in [5.74, 6) is 1.63. The molecular weight excluding hydrogens is 298 g/mol. The monoisotopic (exact) mass is 315 g/mol. The van der Waals surface area contributed by atoms with E-state index in [0.29, 0.717) is 17.5 Å². The first-order valence-electron chi connectivity index (χ1n) is 7.02. The number of rotatable bonds is 6. The fraction of sp³-hybridized carbons (Fsp3) is 0.267. The van der Waals surface area contributed by atoms with Crippen LogP contribution in [0.1, 0.15) is 11.4 Å². The zero-order valence-corrected chi connectivity index (χ0v) is 13.1. The Labute approximate surface area is 132 Å². The molecule has 0 unspecified atom stereocenters. The summed E-state index contributed by atoms with van der Waals surface area (Å²) >= 11 is 1.51. The number of hydrogen-bond acceptors (Lipinski definition) is 4. The van der Waals surface area contributed by atoms with Crippen LogP contribution in [0, 0.1) is 0 Å². The van der Waals surface area contributed by atoms with Gasteiger partial charge in [-0.1, -0.05) is 42.1 Å². The van der Waals surface area contributed by atoms with Crippen molar-refractivity contribution in [2.75, 3.05) is 0 Å². The van der Waals surface area contributed by atoms with Gasteiger partial charge >= 0.3 is 5.69 Å². The molecule has 22 heavy (non-hydrogen) atoms. The van der Waals surface area contributed by atoms with Gasteiger partial charge in [0.2, 0.25) is 0 Å². The van der Waals surface area contributed by atoms with Gasteiger partial charge < -0.3 is 4.57 Å². The molecule has 3 aromatic rings. The van der Waals surface area contributed by atoms with Gasteiger partial charge in [0.15, 0.2) is 5.16 Å². The lowest BCUT2D eigenvalue weighted by Crippen LogP contribution is -2.18. The molecule has 1 N–H and O–H groups in total. The van der Waals surface area contributed by atoms with Gasteiger partial charge in [0, 0.05) is 26.0 Å². The van der Waals surface area contributed by atoms with E-state index >= 15 is 0 Å². The van der Waals surface area contributed by atoms with Crippen LogP contribution < -0.4 is 5.69 Å². The second kappa shape index (κ2) is 6.65. The van der Waals surface area contributed by atoms with E-state index in [9.17, 15) is 4.79 Å². The summed E-state index contributed by atoms with van der Waals surface area (Å²) in [5, 5.41) is 7.33. The smallest absolute Gasteiger partial charge is 0.337 e. The highest BCUT2D eigenvalue weighted by molar-refractivity contribution is 7.98. The molecule has 2 aromatic heterocycles. The lowest BCUT2D eigenvalue weighted by Gasteiger charge is -2.06. The topological polar surface area (TPSA) is 68.5 Å². The number of thioether (sulfide) groups is 1. The van der Waals surface area contributed by atoms with Crippen LogP contribution in [0.5, 0.6) is 0 Å². The predicted octanol–water partition coefficient (Wildman–Crippen LogP) is 1.84. The number of aromatic amines is 1. The second-order valence-electron chi connectivity index (χ2n) is 4.94. The van der Waals surface area contributed by atoms with Crippen molar-refractivity contribution in [2.24, 2.45) is 7.05 Å². The van der Waals surface area contributed by atoms with E-state index in [4.69, 9.17) is 0 Å². The highest BCUT2D eigenvalue weighted by Gasteiger charge is 2.10. The zero-order valence-electron chi connectivity index (χ0n) is 12.3.